The molecule has 0 radical (unpaired) electrons. The number of halogens is 1. The maximum absolute atomic E-state index is 11.6. The van der Waals surface area contributed by atoms with Gasteiger partial charge in [0, 0.05) is 6.07 Å². The van der Waals surface area contributed by atoms with E-state index in [4.69, 9.17) is 21.6 Å². The van der Waals surface area contributed by atoms with E-state index in [0.29, 0.717) is 0 Å². The normalized spacial score (nSPS) is 9.47. The quantitative estimate of drug-likeness (QED) is 0.354. The molecule has 1 rings (SSSR count). The highest BCUT2D eigenvalue weighted by Gasteiger charge is 2.26. The second-order valence-electron chi connectivity index (χ2n) is 2.97. The third-order valence-electron chi connectivity index (χ3n) is 2.06. The average Bonchev–Trinajstić information content (AvgIpc) is 2.35. The predicted octanol–water partition coefficient (Wildman–Crippen LogP) is 1.90. The van der Waals surface area contributed by atoms with Gasteiger partial charge in [-0.25, -0.2) is 0 Å². The summed E-state index contributed by atoms with van der Waals surface area (Å²) >= 11 is 5.38. The highest BCUT2D eigenvalue weighted by atomic mass is 35.5. The average molecular weight is 255 g/mol. The molecule has 88 valence electrons. The Hall–Kier alpha value is -2.13. The van der Waals surface area contributed by atoms with Crippen molar-refractivity contribution in [3.8, 4) is 11.8 Å². The molecule has 0 aliphatic rings. The minimum Gasteiger partial charge on any atom is -0.494 e. The molecule has 0 spiro atoms. The zero-order valence-electron chi connectivity index (χ0n) is 8.77. The van der Waals surface area contributed by atoms with Gasteiger partial charge in [-0.05, 0) is 6.07 Å². The van der Waals surface area contributed by atoms with E-state index < -0.39 is 22.3 Å². The number of nitriles is 1. The molecule has 0 saturated heterocycles. The van der Waals surface area contributed by atoms with Crippen LogP contribution in [0.1, 0.15) is 15.9 Å². The molecule has 17 heavy (non-hydrogen) atoms. The van der Waals surface area contributed by atoms with E-state index in [9.17, 15) is 14.9 Å². The lowest BCUT2D eigenvalue weighted by atomic mass is 10.0. The zero-order valence-corrected chi connectivity index (χ0v) is 9.52. The van der Waals surface area contributed by atoms with Gasteiger partial charge in [-0.3, -0.25) is 14.9 Å². The summed E-state index contributed by atoms with van der Waals surface area (Å²) in [6.45, 7) is 0. The number of rotatable bonds is 4. The van der Waals surface area contributed by atoms with E-state index in [1.807, 2.05) is 0 Å². The maximum Gasteiger partial charge on any atom is 0.284 e. The number of hydrogen-bond acceptors (Lipinski definition) is 5. The largest absolute Gasteiger partial charge is 0.494 e. The molecule has 0 aliphatic carbocycles. The SMILES string of the molecule is COc1c(C#N)ccc([N+](=O)[O-])c1C(=O)CCl. The van der Waals surface area contributed by atoms with Gasteiger partial charge in [0.1, 0.15) is 11.6 Å². The molecule has 0 saturated carbocycles. The van der Waals surface area contributed by atoms with Gasteiger partial charge < -0.3 is 4.74 Å². The number of ketones is 1. The molecule has 0 unspecified atom stereocenters. The van der Waals surface area contributed by atoms with Crippen LogP contribution in [0.25, 0.3) is 0 Å². The number of alkyl halides is 1. The lowest BCUT2D eigenvalue weighted by molar-refractivity contribution is -0.385. The van der Waals surface area contributed by atoms with E-state index in [0.717, 1.165) is 6.07 Å². The lowest BCUT2D eigenvalue weighted by Crippen LogP contribution is -2.08. The molecular weight excluding hydrogens is 248 g/mol. The molecular formula is C10H7ClN2O4. The first kappa shape index (κ1) is 12.9. The molecule has 0 N–H and O–H groups in total. The van der Waals surface area contributed by atoms with Gasteiger partial charge in [0.2, 0.25) is 0 Å². The van der Waals surface area contributed by atoms with Crippen LogP contribution in [-0.4, -0.2) is 23.7 Å². The Morgan fingerprint density at radius 2 is 2.29 bits per heavy atom. The summed E-state index contributed by atoms with van der Waals surface area (Å²) in [7, 11) is 1.23. The maximum atomic E-state index is 11.6. The van der Waals surface area contributed by atoms with Gasteiger partial charge in [-0.1, -0.05) is 0 Å². The predicted molar refractivity (Wildman–Crippen MR) is 59.4 cm³/mol. The number of nitrogens with zero attached hydrogens (tertiary/aromatic N) is 2. The second kappa shape index (κ2) is 5.27. The minimum atomic E-state index is -0.719. The van der Waals surface area contributed by atoms with Crippen LogP contribution in [0.3, 0.4) is 0 Å². The van der Waals surface area contributed by atoms with Crippen LogP contribution >= 0.6 is 11.6 Å². The van der Waals surface area contributed by atoms with Gasteiger partial charge in [0.15, 0.2) is 11.5 Å². The first-order valence-corrected chi connectivity index (χ1v) is 4.94. The highest BCUT2D eigenvalue weighted by Crippen LogP contribution is 2.32. The fourth-order valence-corrected chi connectivity index (χ4v) is 1.49. The van der Waals surface area contributed by atoms with E-state index in [2.05, 4.69) is 0 Å². The number of Topliss-reactive ketones (excluding diaryl/α,β-unsaturated/α-hetero) is 1. The molecule has 0 heterocycles. The Bertz CT molecular complexity index is 522. The van der Waals surface area contributed by atoms with Crippen molar-refractivity contribution in [2.24, 2.45) is 0 Å². The van der Waals surface area contributed by atoms with Crippen LogP contribution < -0.4 is 4.74 Å². The van der Waals surface area contributed by atoms with Gasteiger partial charge in [-0.2, -0.15) is 5.26 Å². The standard InChI is InChI=1S/C10H7ClN2O4/c1-17-10-6(5-12)2-3-7(13(15)16)9(10)8(14)4-11/h2-3H,4H2,1H3. The fraction of sp³-hybridized carbons (Fsp3) is 0.200. The Balaban J connectivity index is 3.63. The molecule has 0 atom stereocenters. The van der Waals surface area contributed by atoms with Crippen molar-refractivity contribution in [1.29, 1.82) is 5.26 Å². The third kappa shape index (κ3) is 2.34. The van der Waals surface area contributed by atoms with Crippen molar-refractivity contribution >= 4 is 23.1 Å². The molecule has 1 aromatic rings. The van der Waals surface area contributed by atoms with Crippen molar-refractivity contribution < 1.29 is 14.5 Å². The summed E-state index contributed by atoms with van der Waals surface area (Å²) in [5, 5.41) is 19.6. The van der Waals surface area contributed by atoms with Gasteiger partial charge in [0.25, 0.3) is 5.69 Å². The van der Waals surface area contributed by atoms with E-state index >= 15 is 0 Å². The first-order chi connectivity index (χ1) is 8.06. The van der Waals surface area contributed by atoms with E-state index in [-0.39, 0.29) is 16.9 Å². The molecule has 7 heteroatoms. The number of carbonyl (C=O) groups excluding carboxylic acids is 1. The molecule has 0 aliphatic heterocycles. The van der Waals surface area contributed by atoms with E-state index in [1.165, 1.54) is 13.2 Å². The molecule has 0 aromatic heterocycles. The first-order valence-electron chi connectivity index (χ1n) is 4.41. The summed E-state index contributed by atoms with van der Waals surface area (Å²) in [5.41, 5.74) is -0.649. The number of ether oxygens (including phenoxy) is 1. The van der Waals surface area contributed by atoms with Crippen LogP contribution in [0.15, 0.2) is 12.1 Å². The summed E-state index contributed by atoms with van der Waals surface area (Å²) in [6, 6.07) is 4.10. The lowest BCUT2D eigenvalue weighted by Gasteiger charge is -2.08. The van der Waals surface area contributed by atoms with Crippen molar-refractivity contribution in [2.75, 3.05) is 13.0 Å². The van der Waals surface area contributed by atoms with Crippen molar-refractivity contribution in [1.82, 2.24) is 0 Å². The topological polar surface area (TPSA) is 93.2 Å². The van der Waals surface area contributed by atoms with Crippen molar-refractivity contribution in [3.63, 3.8) is 0 Å². The number of methoxy groups -OCH3 is 1. The Morgan fingerprint density at radius 3 is 2.71 bits per heavy atom. The van der Waals surface area contributed by atoms with Gasteiger partial charge in [-0.15, -0.1) is 11.6 Å². The van der Waals surface area contributed by atoms with Crippen LogP contribution in [0.5, 0.6) is 5.75 Å². The zero-order chi connectivity index (χ0) is 13.0. The molecule has 1 aromatic carbocycles. The summed E-state index contributed by atoms with van der Waals surface area (Å²) in [5.74, 6) is -1.20. The van der Waals surface area contributed by atoms with Crippen LogP contribution in [0.4, 0.5) is 5.69 Å². The smallest absolute Gasteiger partial charge is 0.284 e. The Kier molecular flexibility index (Phi) is 4.01. The Morgan fingerprint density at radius 1 is 1.65 bits per heavy atom. The van der Waals surface area contributed by atoms with Crippen LogP contribution in [0.2, 0.25) is 0 Å². The second-order valence-corrected chi connectivity index (χ2v) is 3.23. The van der Waals surface area contributed by atoms with Crippen molar-refractivity contribution in [2.45, 2.75) is 0 Å². The van der Waals surface area contributed by atoms with Crippen LogP contribution in [0, 0.1) is 21.4 Å². The number of hydrogen-bond donors (Lipinski definition) is 0. The highest BCUT2D eigenvalue weighted by molar-refractivity contribution is 6.31. The number of carbonyl (C=O) groups is 1. The molecule has 0 bridgehead atoms. The summed E-state index contributed by atoms with van der Waals surface area (Å²) < 4.78 is 4.87. The number of benzene rings is 1. The minimum absolute atomic E-state index is 0.0477. The van der Waals surface area contributed by atoms with Gasteiger partial charge in [0.05, 0.1) is 23.5 Å². The molecule has 0 amide bonds. The summed E-state index contributed by atoms with van der Waals surface area (Å²) in [6.07, 6.45) is 0. The Labute approximate surface area is 102 Å². The fourth-order valence-electron chi connectivity index (χ4n) is 1.36. The number of nitro benzene ring substituents is 1. The summed E-state index contributed by atoms with van der Waals surface area (Å²) in [4.78, 5) is 21.6. The number of nitro groups is 1. The van der Waals surface area contributed by atoms with E-state index in [1.54, 1.807) is 6.07 Å². The van der Waals surface area contributed by atoms with Gasteiger partial charge >= 0.3 is 0 Å². The monoisotopic (exact) mass is 254 g/mol. The molecule has 0 fully saturated rings. The van der Waals surface area contributed by atoms with Crippen LogP contribution in [-0.2, 0) is 0 Å². The van der Waals surface area contributed by atoms with Crippen molar-refractivity contribution in [3.05, 3.63) is 33.4 Å². The third-order valence-corrected chi connectivity index (χ3v) is 2.30. The molecule has 6 nitrogen and oxygen atoms in total.